The summed E-state index contributed by atoms with van der Waals surface area (Å²) in [6, 6.07) is 7.06. The predicted octanol–water partition coefficient (Wildman–Crippen LogP) is 2.01. The minimum absolute atomic E-state index is 0.0620. The van der Waals surface area contributed by atoms with Crippen molar-refractivity contribution in [3.63, 3.8) is 0 Å². The maximum atomic E-state index is 12.0. The molecule has 0 bridgehead atoms. The van der Waals surface area contributed by atoms with Crippen LogP contribution in [0.2, 0.25) is 0 Å². The molecule has 0 spiro atoms. The monoisotopic (exact) mass is 259 g/mol. The second kappa shape index (κ2) is 6.04. The van der Waals surface area contributed by atoms with Gasteiger partial charge in [0, 0.05) is 24.2 Å². The fourth-order valence-corrected chi connectivity index (χ4v) is 1.78. The zero-order chi connectivity index (χ0) is 13.7. The largest absolute Gasteiger partial charge is 0.469 e. The summed E-state index contributed by atoms with van der Waals surface area (Å²) < 4.78 is 5.25. The van der Waals surface area contributed by atoms with Crippen molar-refractivity contribution in [3.8, 4) is 0 Å². The van der Waals surface area contributed by atoms with Gasteiger partial charge in [0.15, 0.2) is 0 Å². The van der Waals surface area contributed by atoms with Gasteiger partial charge in [0.2, 0.25) is 0 Å². The molecular weight excluding hydrogens is 242 g/mol. The smallest absolute Gasteiger partial charge is 0.251 e. The normalized spacial score (nSPS) is 12.1. The van der Waals surface area contributed by atoms with Gasteiger partial charge in [0.1, 0.15) is 11.6 Å². The fraction of sp³-hybridized carbons (Fsp3) is 0.286. The maximum absolute atomic E-state index is 12.0. The molecule has 5 heteroatoms. The van der Waals surface area contributed by atoms with Gasteiger partial charge in [0.05, 0.1) is 6.26 Å². The molecule has 1 amide bonds. The molecule has 2 aromatic heterocycles. The lowest BCUT2D eigenvalue weighted by molar-refractivity contribution is 0.0938. The molecule has 3 N–H and O–H groups in total. The molecular formula is C14H17N3O2. The SMILES string of the molecule is CC(CCc1ccco1)NC(=O)c1ccnc(N)c1. The van der Waals surface area contributed by atoms with E-state index in [1.54, 1.807) is 18.4 Å². The molecule has 0 aliphatic heterocycles. The van der Waals surface area contributed by atoms with E-state index < -0.39 is 0 Å². The fourth-order valence-electron chi connectivity index (χ4n) is 1.78. The Hall–Kier alpha value is -2.30. The van der Waals surface area contributed by atoms with Crippen LogP contribution in [-0.2, 0) is 6.42 Å². The third-order valence-corrected chi connectivity index (χ3v) is 2.82. The topological polar surface area (TPSA) is 81.2 Å². The number of nitrogen functional groups attached to an aromatic ring is 1. The molecule has 0 radical (unpaired) electrons. The van der Waals surface area contributed by atoms with Gasteiger partial charge in [-0.25, -0.2) is 4.98 Å². The van der Waals surface area contributed by atoms with Crippen LogP contribution in [0, 0.1) is 0 Å². The second-order valence-electron chi connectivity index (χ2n) is 4.46. The summed E-state index contributed by atoms with van der Waals surface area (Å²) in [4.78, 5) is 15.8. The Morgan fingerprint density at radius 2 is 2.37 bits per heavy atom. The minimum atomic E-state index is -0.138. The number of aryl methyl sites for hydroxylation is 1. The van der Waals surface area contributed by atoms with Gasteiger partial charge in [0.25, 0.3) is 5.91 Å². The highest BCUT2D eigenvalue weighted by molar-refractivity contribution is 5.94. The number of nitrogens with zero attached hydrogens (tertiary/aromatic N) is 1. The van der Waals surface area contributed by atoms with E-state index >= 15 is 0 Å². The number of pyridine rings is 1. The molecule has 100 valence electrons. The third-order valence-electron chi connectivity index (χ3n) is 2.82. The van der Waals surface area contributed by atoms with Crippen LogP contribution in [0.4, 0.5) is 5.82 Å². The zero-order valence-corrected chi connectivity index (χ0v) is 10.8. The average Bonchev–Trinajstić information content (AvgIpc) is 2.89. The molecule has 0 aliphatic rings. The molecule has 2 rings (SSSR count). The maximum Gasteiger partial charge on any atom is 0.251 e. The Labute approximate surface area is 111 Å². The number of carbonyl (C=O) groups excluding carboxylic acids is 1. The number of amides is 1. The van der Waals surface area contributed by atoms with E-state index in [0.717, 1.165) is 18.6 Å². The summed E-state index contributed by atoms with van der Waals surface area (Å²) in [5, 5.41) is 2.92. The second-order valence-corrected chi connectivity index (χ2v) is 4.46. The summed E-state index contributed by atoms with van der Waals surface area (Å²) in [7, 11) is 0. The standard InChI is InChI=1S/C14H17N3O2/c1-10(4-5-12-3-2-8-19-12)17-14(18)11-6-7-16-13(15)9-11/h2-3,6-10H,4-5H2,1H3,(H2,15,16)(H,17,18). The number of hydrogen-bond acceptors (Lipinski definition) is 4. The van der Waals surface area contributed by atoms with Crippen molar-refractivity contribution < 1.29 is 9.21 Å². The highest BCUT2D eigenvalue weighted by Gasteiger charge is 2.10. The zero-order valence-electron chi connectivity index (χ0n) is 10.8. The van der Waals surface area contributed by atoms with E-state index in [1.807, 2.05) is 19.1 Å². The number of nitrogens with one attached hydrogen (secondary N) is 1. The van der Waals surface area contributed by atoms with Crippen LogP contribution in [0.1, 0.15) is 29.5 Å². The Morgan fingerprint density at radius 3 is 3.05 bits per heavy atom. The summed E-state index contributed by atoms with van der Waals surface area (Å²) in [5.41, 5.74) is 6.07. The van der Waals surface area contributed by atoms with Gasteiger partial charge in [-0.05, 0) is 37.6 Å². The lowest BCUT2D eigenvalue weighted by Crippen LogP contribution is -2.32. The number of nitrogens with two attached hydrogens (primary N) is 1. The first kappa shape index (κ1) is 13.1. The van der Waals surface area contributed by atoms with Crippen LogP contribution in [0.3, 0.4) is 0 Å². The van der Waals surface area contributed by atoms with Crippen molar-refractivity contribution in [2.24, 2.45) is 0 Å². The Bertz CT molecular complexity index is 537. The van der Waals surface area contributed by atoms with E-state index in [2.05, 4.69) is 10.3 Å². The average molecular weight is 259 g/mol. The van der Waals surface area contributed by atoms with Crippen LogP contribution >= 0.6 is 0 Å². The molecule has 2 aromatic rings. The van der Waals surface area contributed by atoms with Crippen molar-refractivity contribution in [2.75, 3.05) is 5.73 Å². The quantitative estimate of drug-likeness (QED) is 0.860. The van der Waals surface area contributed by atoms with Gasteiger partial charge in [-0.3, -0.25) is 4.79 Å². The third kappa shape index (κ3) is 3.84. The molecule has 0 fully saturated rings. The lowest BCUT2D eigenvalue weighted by Gasteiger charge is -2.13. The first-order valence-corrected chi connectivity index (χ1v) is 6.20. The highest BCUT2D eigenvalue weighted by atomic mass is 16.3. The Balaban J connectivity index is 1.84. The van der Waals surface area contributed by atoms with E-state index in [-0.39, 0.29) is 11.9 Å². The Kier molecular flexibility index (Phi) is 4.18. The molecule has 1 atom stereocenters. The number of rotatable bonds is 5. The summed E-state index contributed by atoms with van der Waals surface area (Å²) in [5.74, 6) is 1.13. The molecule has 0 aromatic carbocycles. The molecule has 5 nitrogen and oxygen atoms in total. The van der Waals surface area contributed by atoms with Crippen molar-refractivity contribution in [1.29, 1.82) is 0 Å². The first-order chi connectivity index (χ1) is 9.15. The van der Waals surface area contributed by atoms with Gasteiger partial charge in [-0.15, -0.1) is 0 Å². The Morgan fingerprint density at radius 1 is 1.53 bits per heavy atom. The van der Waals surface area contributed by atoms with Gasteiger partial charge >= 0.3 is 0 Å². The number of hydrogen-bond donors (Lipinski definition) is 2. The molecule has 0 aliphatic carbocycles. The predicted molar refractivity (Wildman–Crippen MR) is 72.6 cm³/mol. The molecule has 1 unspecified atom stereocenters. The summed E-state index contributed by atoms with van der Waals surface area (Å²) in [6.45, 7) is 1.96. The van der Waals surface area contributed by atoms with Crippen LogP contribution < -0.4 is 11.1 Å². The van der Waals surface area contributed by atoms with Crippen LogP contribution in [-0.4, -0.2) is 16.9 Å². The van der Waals surface area contributed by atoms with Gasteiger partial charge in [-0.1, -0.05) is 0 Å². The summed E-state index contributed by atoms with van der Waals surface area (Å²) >= 11 is 0. The molecule has 2 heterocycles. The van der Waals surface area contributed by atoms with E-state index in [1.165, 1.54) is 6.20 Å². The molecule has 0 saturated heterocycles. The van der Waals surface area contributed by atoms with Crippen molar-refractivity contribution in [3.05, 3.63) is 48.0 Å². The van der Waals surface area contributed by atoms with Crippen LogP contribution in [0.5, 0.6) is 0 Å². The molecule has 0 saturated carbocycles. The lowest BCUT2D eigenvalue weighted by atomic mass is 10.1. The van der Waals surface area contributed by atoms with Crippen molar-refractivity contribution in [1.82, 2.24) is 10.3 Å². The number of aromatic nitrogens is 1. The summed E-state index contributed by atoms with van der Waals surface area (Å²) in [6.07, 6.45) is 4.79. The highest BCUT2D eigenvalue weighted by Crippen LogP contribution is 2.07. The molecule has 19 heavy (non-hydrogen) atoms. The van der Waals surface area contributed by atoms with Gasteiger partial charge < -0.3 is 15.5 Å². The van der Waals surface area contributed by atoms with E-state index in [9.17, 15) is 4.79 Å². The van der Waals surface area contributed by atoms with Crippen molar-refractivity contribution >= 4 is 11.7 Å². The van der Waals surface area contributed by atoms with Crippen LogP contribution in [0.15, 0.2) is 41.1 Å². The number of anilines is 1. The van der Waals surface area contributed by atoms with E-state index in [0.29, 0.717) is 11.4 Å². The first-order valence-electron chi connectivity index (χ1n) is 6.20. The number of carbonyl (C=O) groups is 1. The van der Waals surface area contributed by atoms with Gasteiger partial charge in [-0.2, -0.15) is 0 Å². The number of furan rings is 1. The van der Waals surface area contributed by atoms with E-state index in [4.69, 9.17) is 10.2 Å². The van der Waals surface area contributed by atoms with Crippen molar-refractivity contribution in [2.45, 2.75) is 25.8 Å². The van der Waals surface area contributed by atoms with Crippen LogP contribution in [0.25, 0.3) is 0 Å². The minimum Gasteiger partial charge on any atom is -0.469 e.